The highest BCUT2D eigenvalue weighted by Gasteiger charge is 2.30. The fourth-order valence-electron chi connectivity index (χ4n) is 3.76. The van der Waals surface area contributed by atoms with Crippen LogP contribution in [0.5, 0.6) is 0 Å². The van der Waals surface area contributed by atoms with E-state index >= 15 is 0 Å². The van der Waals surface area contributed by atoms with Crippen LogP contribution in [0.4, 0.5) is 20.1 Å². The largest absolute Gasteiger partial charge is 0.445 e. The topological polar surface area (TPSA) is 211 Å². The minimum absolute atomic E-state index is 0.0892. The molecule has 0 radical (unpaired) electrons. The van der Waals surface area contributed by atoms with E-state index in [0.717, 1.165) is 0 Å². The van der Waals surface area contributed by atoms with Crippen LogP contribution in [0.25, 0.3) is 0 Å². The number of carbonyl (C=O) groups excluding carboxylic acids is 6. The van der Waals surface area contributed by atoms with Crippen LogP contribution in [0.1, 0.15) is 53.0 Å². The number of nitrogens with zero attached hydrogens (tertiary/aromatic N) is 2. The van der Waals surface area contributed by atoms with Gasteiger partial charge in [-0.15, -0.1) is 0 Å². The number of ether oxygens (including phenoxy) is 2. The number of carbonyl (C=O) groups is 6. The molecular weight excluding hydrogens is 562 g/mol. The lowest BCUT2D eigenvalue weighted by Gasteiger charge is -2.27. The molecule has 0 aliphatic rings. The number of urea groups is 1. The van der Waals surface area contributed by atoms with Gasteiger partial charge in [-0.1, -0.05) is 26.0 Å². The van der Waals surface area contributed by atoms with Gasteiger partial charge in [0.15, 0.2) is 0 Å². The van der Waals surface area contributed by atoms with E-state index in [1.165, 1.54) is 11.9 Å². The Labute approximate surface area is 251 Å². The van der Waals surface area contributed by atoms with Crippen LogP contribution in [0.2, 0.25) is 0 Å². The molecule has 0 saturated heterocycles. The molecule has 0 heterocycles. The van der Waals surface area contributed by atoms with E-state index in [0.29, 0.717) is 17.7 Å². The molecule has 238 valence electrons. The third kappa shape index (κ3) is 14.2. The SMILES string of the molecule is C=NC(=O)[C@H](C(C)C)N(C)C(=O)OCc1ccc(NC(=O)[C@H](CCCNC(N)=O)NC(=O)CNC(=O)OC(C)(C)C)cc1. The van der Waals surface area contributed by atoms with Gasteiger partial charge in [-0.25, -0.2) is 19.4 Å². The zero-order valence-corrected chi connectivity index (χ0v) is 25.5. The normalized spacial score (nSPS) is 12.3. The fourth-order valence-corrected chi connectivity index (χ4v) is 3.76. The number of nitrogens with one attached hydrogen (secondary N) is 4. The molecule has 0 aliphatic carbocycles. The van der Waals surface area contributed by atoms with Crippen molar-refractivity contribution in [2.45, 2.75) is 71.8 Å². The Balaban J connectivity index is 2.79. The van der Waals surface area contributed by atoms with E-state index in [1.807, 2.05) is 0 Å². The van der Waals surface area contributed by atoms with E-state index < -0.39 is 60.2 Å². The molecule has 1 rings (SSSR count). The van der Waals surface area contributed by atoms with E-state index in [4.69, 9.17) is 15.2 Å². The molecule has 43 heavy (non-hydrogen) atoms. The number of primary amides is 1. The summed E-state index contributed by atoms with van der Waals surface area (Å²) < 4.78 is 10.4. The number of nitrogens with two attached hydrogens (primary N) is 1. The van der Waals surface area contributed by atoms with Crippen LogP contribution in [0.3, 0.4) is 0 Å². The quantitative estimate of drug-likeness (QED) is 0.156. The second-order valence-corrected chi connectivity index (χ2v) is 10.9. The summed E-state index contributed by atoms with van der Waals surface area (Å²) in [6.45, 7) is 11.5. The summed E-state index contributed by atoms with van der Waals surface area (Å²) in [5.41, 5.74) is 5.34. The molecule has 0 aromatic heterocycles. The molecule has 0 spiro atoms. The number of aliphatic imine (C=N–C) groups is 1. The molecule has 2 atom stereocenters. The van der Waals surface area contributed by atoms with Gasteiger partial charge in [0.1, 0.15) is 30.8 Å². The highest BCUT2D eigenvalue weighted by atomic mass is 16.6. The van der Waals surface area contributed by atoms with Crippen LogP contribution in [-0.2, 0) is 30.5 Å². The van der Waals surface area contributed by atoms with Crippen molar-refractivity contribution in [3.63, 3.8) is 0 Å². The van der Waals surface area contributed by atoms with Crippen molar-refractivity contribution in [3.05, 3.63) is 29.8 Å². The third-order valence-corrected chi connectivity index (χ3v) is 5.74. The Bertz CT molecular complexity index is 1150. The number of hydrogen-bond donors (Lipinski definition) is 5. The van der Waals surface area contributed by atoms with E-state index in [1.54, 1.807) is 58.9 Å². The van der Waals surface area contributed by atoms with Gasteiger partial charge in [-0.05, 0) is 63.9 Å². The van der Waals surface area contributed by atoms with Crippen molar-refractivity contribution in [2.75, 3.05) is 25.5 Å². The van der Waals surface area contributed by atoms with Crippen molar-refractivity contribution in [1.29, 1.82) is 0 Å². The van der Waals surface area contributed by atoms with E-state index in [2.05, 4.69) is 33.0 Å². The zero-order valence-electron chi connectivity index (χ0n) is 25.5. The first-order valence-corrected chi connectivity index (χ1v) is 13.6. The summed E-state index contributed by atoms with van der Waals surface area (Å²) in [6.07, 6.45) is -1.01. The number of amides is 7. The van der Waals surface area contributed by atoms with Crippen molar-refractivity contribution in [1.82, 2.24) is 20.9 Å². The first kappa shape index (κ1) is 36.3. The van der Waals surface area contributed by atoms with Crippen LogP contribution in [0, 0.1) is 5.92 Å². The van der Waals surface area contributed by atoms with Gasteiger partial charge in [0.05, 0.1) is 0 Å². The fraction of sp³-hybridized carbons (Fsp3) is 0.536. The molecule has 0 saturated carbocycles. The summed E-state index contributed by atoms with van der Waals surface area (Å²) in [5.74, 6) is -1.90. The van der Waals surface area contributed by atoms with Gasteiger partial charge in [0, 0.05) is 19.3 Å². The second kappa shape index (κ2) is 17.3. The Morgan fingerprint density at radius 1 is 1.05 bits per heavy atom. The maximum absolute atomic E-state index is 13.0. The highest BCUT2D eigenvalue weighted by molar-refractivity contribution is 5.97. The average molecular weight is 606 g/mol. The average Bonchev–Trinajstić information content (AvgIpc) is 2.91. The van der Waals surface area contributed by atoms with Crippen LogP contribution in [0.15, 0.2) is 29.3 Å². The Hall–Kier alpha value is -4.69. The highest BCUT2D eigenvalue weighted by Crippen LogP contribution is 2.15. The molecule has 1 aromatic carbocycles. The minimum Gasteiger partial charge on any atom is -0.445 e. The van der Waals surface area contributed by atoms with Crippen LogP contribution >= 0.6 is 0 Å². The number of benzene rings is 1. The maximum atomic E-state index is 13.0. The minimum atomic E-state index is -1.000. The van der Waals surface area contributed by atoms with Crippen molar-refractivity contribution >= 4 is 48.3 Å². The smallest absolute Gasteiger partial charge is 0.410 e. The number of likely N-dealkylation sites (N-methyl/N-ethyl adjacent to an activating group) is 1. The summed E-state index contributed by atoms with van der Waals surface area (Å²) in [4.78, 5) is 77.4. The molecule has 6 N–H and O–H groups in total. The number of anilines is 1. The Morgan fingerprint density at radius 2 is 1.67 bits per heavy atom. The first-order valence-electron chi connectivity index (χ1n) is 13.6. The predicted octanol–water partition coefficient (Wildman–Crippen LogP) is 1.90. The monoisotopic (exact) mass is 605 g/mol. The van der Waals surface area contributed by atoms with Gasteiger partial charge >= 0.3 is 18.2 Å². The van der Waals surface area contributed by atoms with E-state index in [9.17, 15) is 28.8 Å². The number of alkyl carbamates (subject to hydrolysis) is 1. The summed E-state index contributed by atoms with van der Waals surface area (Å²) in [7, 11) is 1.45. The summed E-state index contributed by atoms with van der Waals surface area (Å²) >= 11 is 0. The number of hydrogen-bond acceptors (Lipinski definition) is 8. The second-order valence-electron chi connectivity index (χ2n) is 10.9. The van der Waals surface area contributed by atoms with Crippen molar-refractivity contribution in [3.8, 4) is 0 Å². The third-order valence-electron chi connectivity index (χ3n) is 5.74. The standard InChI is InChI=1S/C28H43N7O8/c1-17(2)22(24(38)30-6)35(7)27(41)42-16-18-10-12-19(13-11-18)33-23(37)20(9-8-14-31-25(29)39)34-21(36)15-32-26(40)43-28(3,4)5/h10-13,17,20,22H,6,8-9,14-16H2,1-5,7H3,(H,32,40)(H,33,37)(H,34,36)(H3,29,31,39)/t20-,22-/m0/s1. The maximum Gasteiger partial charge on any atom is 0.410 e. The van der Waals surface area contributed by atoms with Crippen LogP contribution in [-0.4, -0.2) is 85.4 Å². The van der Waals surface area contributed by atoms with Crippen molar-refractivity contribution < 1.29 is 38.2 Å². The molecule has 7 amide bonds. The van der Waals surface area contributed by atoms with Crippen molar-refractivity contribution in [2.24, 2.45) is 16.6 Å². The molecule has 15 heteroatoms. The van der Waals surface area contributed by atoms with Gasteiger partial charge in [-0.2, -0.15) is 0 Å². The molecular formula is C28H43N7O8. The lowest BCUT2D eigenvalue weighted by Crippen LogP contribution is -2.48. The molecule has 0 unspecified atom stereocenters. The molecule has 0 bridgehead atoms. The van der Waals surface area contributed by atoms with Gasteiger partial charge in [0.2, 0.25) is 11.8 Å². The molecule has 0 aliphatic heterocycles. The Morgan fingerprint density at radius 3 is 2.21 bits per heavy atom. The van der Waals surface area contributed by atoms with Crippen LogP contribution < -0.4 is 27.0 Å². The summed E-state index contributed by atoms with van der Waals surface area (Å²) in [6, 6.07) is 3.92. The summed E-state index contributed by atoms with van der Waals surface area (Å²) in [5, 5.41) is 10.0. The lowest BCUT2D eigenvalue weighted by molar-refractivity contribution is -0.126. The molecule has 0 fully saturated rings. The van der Waals surface area contributed by atoms with Gasteiger partial charge in [-0.3, -0.25) is 19.3 Å². The Kier molecular flexibility index (Phi) is 14.6. The molecule has 1 aromatic rings. The molecule has 15 nitrogen and oxygen atoms in total. The lowest BCUT2D eigenvalue weighted by atomic mass is 10.0. The van der Waals surface area contributed by atoms with E-state index in [-0.39, 0.29) is 25.5 Å². The van der Waals surface area contributed by atoms with Gasteiger partial charge < -0.3 is 36.5 Å². The van der Waals surface area contributed by atoms with Gasteiger partial charge in [0.25, 0.3) is 5.91 Å². The predicted molar refractivity (Wildman–Crippen MR) is 159 cm³/mol. The zero-order chi connectivity index (χ0) is 32.7. The number of rotatable bonds is 14. The first-order chi connectivity index (χ1) is 20.0.